The number of benzene rings is 2. The summed E-state index contributed by atoms with van der Waals surface area (Å²) in [5.74, 6) is -4.25. The van der Waals surface area contributed by atoms with E-state index in [1.807, 2.05) is 0 Å². The van der Waals surface area contributed by atoms with Crippen molar-refractivity contribution in [1.29, 1.82) is 0 Å². The number of nitro groups is 1. The van der Waals surface area contributed by atoms with Crippen LogP contribution < -0.4 is 9.64 Å². The minimum Gasteiger partial charge on any atom is -0.495 e. The quantitative estimate of drug-likeness (QED) is 0.288. The minimum absolute atomic E-state index is 0.0658. The van der Waals surface area contributed by atoms with Gasteiger partial charge in [-0.25, -0.2) is 9.29 Å². The summed E-state index contributed by atoms with van der Waals surface area (Å²) in [5.41, 5.74) is -0.220. The van der Waals surface area contributed by atoms with Gasteiger partial charge in [-0.05, 0) is 36.4 Å². The molecular weight excluding hydrogens is 447 g/mol. The van der Waals surface area contributed by atoms with E-state index in [0.717, 1.165) is 23.1 Å². The van der Waals surface area contributed by atoms with Gasteiger partial charge < -0.3 is 4.74 Å². The molecule has 0 aliphatic carbocycles. The van der Waals surface area contributed by atoms with Gasteiger partial charge >= 0.3 is 0 Å². The van der Waals surface area contributed by atoms with E-state index < -0.39 is 52.3 Å². The van der Waals surface area contributed by atoms with Crippen LogP contribution in [0.25, 0.3) is 0 Å². The molecule has 2 aromatic rings. The van der Waals surface area contributed by atoms with Crippen molar-refractivity contribution in [3.8, 4) is 5.75 Å². The molecule has 0 saturated carbocycles. The number of hydrogen-bond donors (Lipinski definition) is 0. The Labute approximate surface area is 192 Å². The summed E-state index contributed by atoms with van der Waals surface area (Å²) in [6.45, 7) is 0. The summed E-state index contributed by atoms with van der Waals surface area (Å²) in [7, 11) is 1.32. The van der Waals surface area contributed by atoms with Gasteiger partial charge in [-0.3, -0.25) is 29.5 Å². The van der Waals surface area contributed by atoms with E-state index in [2.05, 4.69) is 5.10 Å². The van der Waals surface area contributed by atoms with Gasteiger partial charge in [-0.15, -0.1) is 0 Å². The van der Waals surface area contributed by atoms with Gasteiger partial charge in [0.25, 0.3) is 5.69 Å². The van der Waals surface area contributed by atoms with E-state index >= 15 is 0 Å². The summed E-state index contributed by atoms with van der Waals surface area (Å²) in [4.78, 5) is 52.2. The average Bonchev–Trinajstić information content (AvgIpc) is 3.31. The highest BCUT2D eigenvalue weighted by Gasteiger charge is 2.64. The molecule has 10 nitrogen and oxygen atoms in total. The van der Waals surface area contributed by atoms with Crippen LogP contribution in [0.1, 0.15) is 10.4 Å². The third kappa shape index (κ3) is 3.08. The van der Waals surface area contributed by atoms with Gasteiger partial charge in [0, 0.05) is 23.9 Å². The standard InChI is InChI=1S/C23H17FN4O6/c1-34-17-9-8-14(28(32)33)11-16(17)26-22(30)18-15-3-2-10-25-27(15)20(19(18)23(26)31)21(29)12-4-6-13(24)7-5-12/h2-11,15,18-20H,1H3/t15-,18+,19+,20+/m1/s1. The van der Waals surface area contributed by atoms with Gasteiger partial charge in [0.1, 0.15) is 23.3 Å². The van der Waals surface area contributed by atoms with Gasteiger partial charge in [0.2, 0.25) is 11.8 Å². The van der Waals surface area contributed by atoms with Gasteiger partial charge in [-0.2, -0.15) is 5.10 Å². The zero-order valence-corrected chi connectivity index (χ0v) is 17.7. The molecule has 4 atom stereocenters. The molecule has 0 bridgehead atoms. The summed E-state index contributed by atoms with van der Waals surface area (Å²) < 4.78 is 18.7. The molecule has 5 rings (SSSR count). The van der Waals surface area contributed by atoms with Gasteiger partial charge in [0.15, 0.2) is 5.78 Å². The first-order valence-corrected chi connectivity index (χ1v) is 10.3. The molecule has 3 heterocycles. The van der Waals surface area contributed by atoms with Gasteiger partial charge in [-0.1, -0.05) is 6.08 Å². The van der Waals surface area contributed by atoms with Gasteiger partial charge in [0.05, 0.1) is 29.9 Å². The molecule has 3 aliphatic heterocycles. The molecule has 0 aromatic heterocycles. The molecule has 3 aliphatic rings. The first-order chi connectivity index (χ1) is 16.3. The second-order valence-electron chi connectivity index (χ2n) is 8.01. The normalized spacial score (nSPS) is 24.9. The number of carbonyl (C=O) groups excluding carboxylic acids is 3. The molecule has 34 heavy (non-hydrogen) atoms. The maximum atomic E-state index is 13.7. The topological polar surface area (TPSA) is 122 Å². The number of carbonyl (C=O) groups is 3. The number of non-ortho nitro benzene ring substituents is 1. The lowest BCUT2D eigenvalue weighted by Gasteiger charge is -2.30. The lowest BCUT2D eigenvalue weighted by atomic mass is 9.86. The molecule has 2 aromatic carbocycles. The number of ether oxygens (including phenoxy) is 1. The fourth-order valence-electron chi connectivity index (χ4n) is 4.83. The zero-order chi connectivity index (χ0) is 24.1. The number of nitrogens with zero attached hydrogens (tertiary/aromatic N) is 4. The Balaban J connectivity index is 1.60. The van der Waals surface area contributed by atoms with E-state index in [1.165, 1.54) is 42.6 Å². The monoisotopic (exact) mass is 464 g/mol. The largest absolute Gasteiger partial charge is 0.495 e. The van der Waals surface area contributed by atoms with Crippen LogP contribution in [0.15, 0.2) is 59.7 Å². The highest BCUT2D eigenvalue weighted by Crippen LogP contribution is 2.48. The highest BCUT2D eigenvalue weighted by molar-refractivity contribution is 6.25. The Morgan fingerprint density at radius 3 is 2.50 bits per heavy atom. The lowest BCUT2D eigenvalue weighted by Crippen LogP contribution is -2.46. The number of halogens is 1. The van der Waals surface area contributed by atoms with E-state index in [1.54, 1.807) is 12.2 Å². The van der Waals surface area contributed by atoms with Crippen molar-refractivity contribution in [3.63, 3.8) is 0 Å². The summed E-state index contributed by atoms with van der Waals surface area (Å²) in [6.07, 6.45) is 4.76. The summed E-state index contributed by atoms with van der Waals surface area (Å²) >= 11 is 0. The van der Waals surface area contributed by atoms with Crippen LogP contribution in [0.2, 0.25) is 0 Å². The number of imide groups is 1. The number of hydrogen-bond acceptors (Lipinski definition) is 8. The van der Waals surface area contributed by atoms with E-state index in [0.29, 0.717) is 0 Å². The predicted molar refractivity (Wildman–Crippen MR) is 117 cm³/mol. The number of hydrazone groups is 1. The fourth-order valence-corrected chi connectivity index (χ4v) is 4.83. The van der Waals surface area contributed by atoms with E-state index in [-0.39, 0.29) is 22.7 Å². The molecule has 0 N–H and O–H groups in total. The maximum Gasteiger partial charge on any atom is 0.271 e. The van der Waals surface area contributed by atoms with Crippen molar-refractivity contribution >= 4 is 35.2 Å². The Morgan fingerprint density at radius 2 is 1.82 bits per heavy atom. The predicted octanol–water partition coefficient (Wildman–Crippen LogP) is 2.34. The first-order valence-electron chi connectivity index (χ1n) is 10.3. The van der Waals surface area contributed by atoms with Crippen molar-refractivity contribution in [3.05, 3.63) is 76.1 Å². The van der Waals surface area contributed by atoms with Crippen LogP contribution in [-0.2, 0) is 9.59 Å². The van der Waals surface area contributed by atoms with E-state index in [4.69, 9.17) is 4.74 Å². The Morgan fingerprint density at radius 1 is 1.12 bits per heavy atom. The van der Waals surface area contributed by atoms with Crippen molar-refractivity contribution in [2.75, 3.05) is 12.0 Å². The van der Waals surface area contributed by atoms with Crippen molar-refractivity contribution in [2.24, 2.45) is 16.9 Å². The molecule has 2 amide bonds. The Kier molecular flexibility index (Phi) is 4.96. The Hall–Kier alpha value is -4.41. The SMILES string of the molecule is COc1ccc([N+](=O)[O-])cc1N1C(=O)[C@@H]2[C@H](C1=O)[C@@H](C(=O)c1ccc(F)cc1)N1N=CC=C[C@H]21. The molecule has 0 radical (unpaired) electrons. The fraction of sp³-hybridized carbons (Fsp3) is 0.217. The second-order valence-corrected chi connectivity index (χ2v) is 8.01. The molecule has 2 fully saturated rings. The van der Waals surface area contributed by atoms with Crippen LogP contribution in [0, 0.1) is 27.8 Å². The summed E-state index contributed by atoms with van der Waals surface area (Å²) in [6, 6.07) is 6.72. The molecule has 11 heteroatoms. The van der Waals surface area contributed by atoms with Crippen LogP contribution in [0.3, 0.4) is 0 Å². The van der Waals surface area contributed by atoms with Crippen LogP contribution in [0.5, 0.6) is 5.75 Å². The zero-order valence-electron chi connectivity index (χ0n) is 17.7. The number of methoxy groups -OCH3 is 1. The number of allylic oxidation sites excluding steroid dienone is 1. The number of rotatable bonds is 5. The first kappa shape index (κ1) is 21.4. The van der Waals surface area contributed by atoms with Crippen LogP contribution >= 0.6 is 0 Å². The average molecular weight is 464 g/mol. The third-order valence-corrected chi connectivity index (χ3v) is 6.30. The minimum atomic E-state index is -1.12. The van der Waals surface area contributed by atoms with Crippen LogP contribution in [-0.4, -0.2) is 52.9 Å². The number of nitro benzene ring substituents is 1. The Bertz CT molecular complexity index is 1290. The van der Waals surface area contributed by atoms with Crippen molar-refractivity contribution < 1.29 is 28.4 Å². The van der Waals surface area contributed by atoms with E-state index in [9.17, 15) is 28.9 Å². The van der Waals surface area contributed by atoms with Crippen LogP contribution in [0.4, 0.5) is 15.8 Å². The lowest BCUT2D eigenvalue weighted by molar-refractivity contribution is -0.384. The van der Waals surface area contributed by atoms with Crippen molar-refractivity contribution in [2.45, 2.75) is 12.1 Å². The molecule has 0 unspecified atom stereocenters. The van der Waals surface area contributed by atoms with Crippen molar-refractivity contribution in [1.82, 2.24) is 5.01 Å². The highest BCUT2D eigenvalue weighted by atomic mass is 19.1. The number of Topliss-reactive ketones (excluding diaryl/α,β-unsaturated/α-hetero) is 1. The second kappa shape index (κ2) is 7.87. The smallest absolute Gasteiger partial charge is 0.271 e. The molecule has 0 spiro atoms. The molecule has 2 saturated heterocycles. The number of anilines is 1. The maximum absolute atomic E-state index is 13.7. The number of fused-ring (bicyclic) bond motifs is 3. The molecule has 172 valence electrons. The third-order valence-electron chi connectivity index (χ3n) is 6.30. The molecular formula is C23H17FN4O6. The summed E-state index contributed by atoms with van der Waals surface area (Å²) in [5, 5.41) is 17.0. The number of amides is 2. The number of ketones is 1.